The van der Waals surface area contributed by atoms with E-state index in [0.29, 0.717) is 0 Å². The van der Waals surface area contributed by atoms with Crippen LogP contribution in [0.3, 0.4) is 0 Å². The van der Waals surface area contributed by atoms with E-state index in [2.05, 4.69) is 20.9 Å². The number of aromatic nitrogens is 1. The lowest BCUT2D eigenvalue weighted by atomic mass is 10.2. The van der Waals surface area contributed by atoms with E-state index in [1.165, 1.54) is 5.56 Å². The second kappa shape index (κ2) is 2.57. The maximum Gasteiger partial charge on any atom is 0.0965 e. The molecule has 0 saturated heterocycles. The first-order valence-corrected chi connectivity index (χ1v) is 4.39. The molecule has 0 fully saturated rings. The van der Waals surface area contributed by atoms with Crippen LogP contribution in [0.2, 0.25) is 0 Å². The van der Waals surface area contributed by atoms with Gasteiger partial charge in [0.1, 0.15) is 0 Å². The van der Waals surface area contributed by atoms with Gasteiger partial charge in [0.05, 0.1) is 11.8 Å². The van der Waals surface area contributed by atoms with Crippen LogP contribution in [0.5, 0.6) is 0 Å². The normalized spacial score (nSPS) is 21.8. The molecule has 1 aliphatic rings. The van der Waals surface area contributed by atoms with Crippen LogP contribution in [-0.4, -0.2) is 10.1 Å². The van der Waals surface area contributed by atoms with Crippen LogP contribution in [0, 0.1) is 0 Å². The third-order valence-corrected chi connectivity index (χ3v) is 2.40. The van der Waals surface area contributed by atoms with E-state index < -0.39 is 0 Å². The Morgan fingerprint density at radius 3 is 3.27 bits per heavy atom. The molecule has 1 aromatic heterocycles. The van der Waals surface area contributed by atoms with Gasteiger partial charge >= 0.3 is 0 Å². The van der Waals surface area contributed by atoms with Gasteiger partial charge in [-0.25, -0.2) is 0 Å². The minimum atomic E-state index is -0.335. The summed E-state index contributed by atoms with van der Waals surface area (Å²) in [6.07, 6.45) is 3.16. The number of rotatable bonds is 0. The van der Waals surface area contributed by atoms with Crippen molar-refractivity contribution in [1.82, 2.24) is 4.98 Å². The fourth-order valence-corrected chi connectivity index (χ4v) is 1.80. The maximum atomic E-state index is 9.39. The molecule has 3 heteroatoms. The van der Waals surface area contributed by atoms with Crippen molar-refractivity contribution >= 4 is 15.9 Å². The number of halogens is 1. The Bertz CT molecular complexity index is 287. The smallest absolute Gasteiger partial charge is 0.0965 e. The first-order chi connectivity index (χ1) is 5.27. The number of aryl methyl sites for hydroxylation is 1. The van der Waals surface area contributed by atoms with Gasteiger partial charge in [0.2, 0.25) is 0 Å². The average molecular weight is 214 g/mol. The summed E-state index contributed by atoms with van der Waals surface area (Å²) in [4.78, 5) is 4.14. The topological polar surface area (TPSA) is 33.1 Å². The van der Waals surface area contributed by atoms with Crippen LogP contribution < -0.4 is 0 Å². The third kappa shape index (κ3) is 1.19. The van der Waals surface area contributed by atoms with E-state index in [1.54, 1.807) is 6.20 Å². The van der Waals surface area contributed by atoms with Crippen LogP contribution in [0.1, 0.15) is 23.8 Å². The van der Waals surface area contributed by atoms with E-state index in [0.717, 1.165) is 23.0 Å². The molecule has 1 aromatic rings. The number of fused-ring (bicyclic) bond motifs is 1. The molecule has 1 N–H and O–H groups in total. The standard InChI is InChI=1S/C8H8BrNO/c9-6-3-5-1-2-7(11)8(5)10-4-6/h3-4,7,11H,1-2H2/t7-/m0/s1. The minimum Gasteiger partial charge on any atom is -0.387 e. The summed E-state index contributed by atoms with van der Waals surface area (Å²) in [5.41, 5.74) is 2.03. The number of hydrogen-bond acceptors (Lipinski definition) is 2. The monoisotopic (exact) mass is 213 g/mol. The highest BCUT2D eigenvalue weighted by molar-refractivity contribution is 9.10. The van der Waals surface area contributed by atoms with E-state index in [-0.39, 0.29) is 6.10 Å². The quantitative estimate of drug-likeness (QED) is 0.714. The lowest BCUT2D eigenvalue weighted by Crippen LogP contribution is -1.93. The van der Waals surface area contributed by atoms with Crippen molar-refractivity contribution in [1.29, 1.82) is 0 Å². The molecule has 0 saturated carbocycles. The molecule has 58 valence electrons. The Kier molecular flexibility index (Phi) is 1.69. The Labute approximate surface area is 73.4 Å². The Hall–Kier alpha value is -0.410. The summed E-state index contributed by atoms with van der Waals surface area (Å²) >= 11 is 3.34. The zero-order valence-electron chi connectivity index (χ0n) is 5.92. The third-order valence-electron chi connectivity index (χ3n) is 1.97. The molecule has 2 nitrogen and oxygen atoms in total. The van der Waals surface area contributed by atoms with E-state index in [9.17, 15) is 5.11 Å². The number of hydrogen-bond donors (Lipinski definition) is 1. The predicted octanol–water partition coefficient (Wildman–Crippen LogP) is 1.82. The fourth-order valence-electron chi connectivity index (χ4n) is 1.42. The summed E-state index contributed by atoms with van der Waals surface area (Å²) in [5, 5.41) is 9.39. The predicted molar refractivity (Wildman–Crippen MR) is 45.2 cm³/mol. The Morgan fingerprint density at radius 1 is 1.64 bits per heavy atom. The first-order valence-electron chi connectivity index (χ1n) is 3.60. The molecule has 0 aliphatic heterocycles. The molecule has 2 rings (SSSR count). The highest BCUT2D eigenvalue weighted by atomic mass is 79.9. The van der Waals surface area contributed by atoms with Crippen molar-refractivity contribution < 1.29 is 5.11 Å². The summed E-state index contributed by atoms with van der Waals surface area (Å²) in [6, 6.07) is 2.03. The lowest BCUT2D eigenvalue weighted by molar-refractivity contribution is 0.176. The zero-order chi connectivity index (χ0) is 7.84. The molecule has 0 unspecified atom stereocenters. The Balaban J connectivity index is 2.50. The van der Waals surface area contributed by atoms with Crippen molar-refractivity contribution in [2.75, 3.05) is 0 Å². The van der Waals surface area contributed by atoms with E-state index in [4.69, 9.17) is 0 Å². The summed E-state index contributed by atoms with van der Waals surface area (Å²) in [6.45, 7) is 0. The summed E-state index contributed by atoms with van der Waals surface area (Å²) in [7, 11) is 0. The second-order valence-electron chi connectivity index (χ2n) is 2.75. The van der Waals surface area contributed by atoms with Crippen LogP contribution in [0.15, 0.2) is 16.7 Å². The van der Waals surface area contributed by atoms with Gasteiger partial charge in [-0.15, -0.1) is 0 Å². The summed E-state index contributed by atoms with van der Waals surface area (Å²) < 4.78 is 0.991. The zero-order valence-corrected chi connectivity index (χ0v) is 7.50. The maximum absolute atomic E-state index is 9.39. The molecule has 0 bridgehead atoms. The van der Waals surface area contributed by atoms with Gasteiger partial charge in [-0.3, -0.25) is 4.98 Å². The van der Waals surface area contributed by atoms with E-state index >= 15 is 0 Å². The number of nitrogens with zero attached hydrogens (tertiary/aromatic N) is 1. The van der Waals surface area contributed by atoms with Gasteiger partial charge in [0.15, 0.2) is 0 Å². The molecule has 0 amide bonds. The van der Waals surface area contributed by atoms with Crippen molar-refractivity contribution in [3.63, 3.8) is 0 Å². The molecule has 0 spiro atoms. The second-order valence-corrected chi connectivity index (χ2v) is 3.67. The van der Waals surface area contributed by atoms with Crippen LogP contribution in [-0.2, 0) is 6.42 Å². The van der Waals surface area contributed by atoms with Crippen molar-refractivity contribution in [2.24, 2.45) is 0 Å². The molecule has 11 heavy (non-hydrogen) atoms. The van der Waals surface area contributed by atoms with Gasteiger partial charge in [-0.05, 0) is 40.4 Å². The first kappa shape index (κ1) is 7.25. The van der Waals surface area contributed by atoms with Crippen LogP contribution in [0.4, 0.5) is 0 Å². The van der Waals surface area contributed by atoms with Gasteiger partial charge < -0.3 is 5.11 Å². The average Bonchev–Trinajstić information content (AvgIpc) is 2.32. The number of pyridine rings is 1. The van der Waals surface area contributed by atoms with Gasteiger partial charge in [0, 0.05) is 10.7 Å². The molecule has 1 aliphatic carbocycles. The molecule has 0 aromatic carbocycles. The molecule has 1 heterocycles. The van der Waals surface area contributed by atoms with Crippen LogP contribution in [0.25, 0.3) is 0 Å². The highest BCUT2D eigenvalue weighted by Crippen LogP contribution is 2.30. The molecular formula is C8H8BrNO. The number of aliphatic hydroxyl groups is 1. The van der Waals surface area contributed by atoms with E-state index in [1.807, 2.05) is 6.07 Å². The molecule has 0 radical (unpaired) electrons. The van der Waals surface area contributed by atoms with Crippen LogP contribution >= 0.6 is 15.9 Å². The minimum absolute atomic E-state index is 0.335. The Morgan fingerprint density at radius 2 is 2.45 bits per heavy atom. The fraction of sp³-hybridized carbons (Fsp3) is 0.375. The SMILES string of the molecule is O[C@H]1CCc2cc(Br)cnc21. The van der Waals surface area contributed by atoms with Gasteiger partial charge in [0.25, 0.3) is 0 Å². The molecule has 1 atom stereocenters. The largest absolute Gasteiger partial charge is 0.387 e. The van der Waals surface area contributed by atoms with Gasteiger partial charge in [-0.1, -0.05) is 0 Å². The highest BCUT2D eigenvalue weighted by Gasteiger charge is 2.21. The van der Waals surface area contributed by atoms with Crippen molar-refractivity contribution in [3.05, 3.63) is 28.0 Å². The number of aliphatic hydroxyl groups excluding tert-OH is 1. The van der Waals surface area contributed by atoms with Crippen molar-refractivity contribution in [3.8, 4) is 0 Å². The lowest BCUT2D eigenvalue weighted by Gasteiger charge is -2.01. The summed E-state index contributed by atoms with van der Waals surface area (Å²) in [5.74, 6) is 0. The molecular weight excluding hydrogens is 206 g/mol. The van der Waals surface area contributed by atoms with Crippen molar-refractivity contribution in [2.45, 2.75) is 18.9 Å². The van der Waals surface area contributed by atoms with Gasteiger partial charge in [-0.2, -0.15) is 0 Å².